The van der Waals surface area contributed by atoms with Gasteiger partial charge in [-0.15, -0.1) is 6.58 Å². The van der Waals surface area contributed by atoms with Crippen LogP contribution in [-0.4, -0.2) is 0 Å². The minimum atomic E-state index is -4.44. The van der Waals surface area contributed by atoms with Gasteiger partial charge in [0.25, 0.3) is 0 Å². The van der Waals surface area contributed by atoms with E-state index in [9.17, 15) is 26.3 Å². The summed E-state index contributed by atoms with van der Waals surface area (Å²) in [5.74, 6) is -8.50. The summed E-state index contributed by atoms with van der Waals surface area (Å²) in [4.78, 5) is 0. The average Bonchev–Trinajstić information content (AvgIpc) is 2.98. The van der Waals surface area contributed by atoms with Gasteiger partial charge < -0.3 is 4.74 Å². The second-order valence-electron chi connectivity index (χ2n) is 11.0. The maximum atomic E-state index is 15.0. The van der Waals surface area contributed by atoms with Gasteiger partial charge in [0.2, 0.25) is 0 Å². The van der Waals surface area contributed by atoms with Crippen LogP contribution in [0.5, 0.6) is 5.75 Å². The number of ether oxygens (including phenoxy) is 1. The Bertz CT molecular complexity index is 1610. The summed E-state index contributed by atoms with van der Waals surface area (Å²) in [6, 6.07) is 12.0. The zero-order valence-corrected chi connectivity index (χ0v) is 23.5. The lowest BCUT2D eigenvalue weighted by molar-refractivity contribution is -0.189. The van der Waals surface area contributed by atoms with Gasteiger partial charge in [-0.3, -0.25) is 0 Å². The molecule has 4 aromatic carbocycles. The highest BCUT2D eigenvalue weighted by Crippen LogP contribution is 2.41. The molecule has 44 heavy (non-hydrogen) atoms. The van der Waals surface area contributed by atoms with Crippen LogP contribution in [0.4, 0.5) is 35.1 Å². The topological polar surface area (TPSA) is 9.23 Å². The SMILES string of the molecule is C=CCCC1CCC(c2cc(F)c(C(F)(F)Oc3ccc(-c4ccc(-c5cc(F)c(F)c(F)c5)cc4)c(F)c3)c(F)c2)CC1. The smallest absolute Gasteiger partial charge is 0.429 e. The Hall–Kier alpha value is -4.14. The number of halogens is 8. The molecule has 0 N–H and O–H groups in total. The molecule has 0 aromatic heterocycles. The molecule has 1 fully saturated rings. The van der Waals surface area contributed by atoms with Crippen LogP contribution in [0.1, 0.15) is 55.6 Å². The molecule has 0 aliphatic heterocycles. The van der Waals surface area contributed by atoms with Crippen molar-refractivity contribution in [2.24, 2.45) is 5.92 Å². The minimum absolute atomic E-state index is 0.0235. The number of alkyl halides is 2. The van der Waals surface area contributed by atoms with Gasteiger partial charge in [0.15, 0.2) is 17.5 Å². The standard InChI is InChI=1S/C35H28F8O/c1-2-3-4-20-5-7-21(8-6-20)24-15-29(37)33(30(38)16-24)35(42,43)44-26-13-14-27(28(36)19-26)23-11-9-22(10-12-23)25-17-31(39)34(41)32(40)18-25/h2,9-21H,1,3-8H2. The summed E-state index contributed by atoms with van der Waals surface area (Å²) < 4.78 is 120. The summed E-state index contributed by atoms with van der Waals surface area (Å²) in [6.07, 6.45) is 2.46. The number of allylic oxidation sites excluding steroid dienone is 1. The Balaban J connectivity index is 1.30. The lowest BCUT2D eigenvalue weighted by Crippen LogP contribution is -2.25. The van der Waals surface area contributed by atoms with E-state index >= 15 is 8.78 Å². The van der Waals surface area contributed by atoms with Gasteiger partial charge in [0, 0.05) is 11.6 Å². The Kier molecular flexibility index (Phi) is 9.13. The molecule has 230 valence electrons. The van der Waals surface area contributed by atoms with E-state index in [0.29, 0.717) is 36.0 Å². The highest BCUT2D eigenvalue weighted by atomic mass is 19.3. The third kappa shape index (κ3) is 6.66. The highest BCUT2D eigenvalue weighted by Gasteiger charge is 2.41. The molecule has 1 aliphatic carbocycles. The average molecular weight is 617 g/mol. The zero-order valence-electron chi connectivity index (χ0n) is 23.5. The molecule has 5 rings (SSSR count). The van der Waals surface area contributed by atoms with Crippen LogP contribution in [0.15, 0.2) is 79.4 Å². The Labute approximate surface area is 249 Å². The minimum Gasteiger partial charge on any atom is -0.429 e. The van der Waals surface area contributed by atoms with E-state index in [0.717, 1.165) is 62.1 Å². The van der Waals surface area contributed by atoms with Crippen LogP contribution in [0.25, 0.3) is 22.3 Å². The first-order chi connectivity index (χ1) is 21.0. The van der Waals surface area contributed by atoms with Crippen molar-refractivity contribution in [3.63, 3.8) is 0 Å². The summed E-state index contributed by atoms with van der Waals surface area (Å²) in [7, 11) is 0. The maximum Gasteiger partial charge on any atom is 0.432 e. The highest BCUT2D eigenvalue weighted by molar-refractivity contribution is 5.71. The fourth-order valence-corrected chi connectivity index (χ4v) is 5.80. The molecule has 1 nitrogen and oxygen atoms in total. The number of hydrogen-bond donors (Lipinski definition) is 0. The van der Waals surface area contributed by atoms with Gasteiger partial charge in [-0.25, -0.2) is 26.3 Å². The first kappa shape index (κ1) is 31.3. The van der Waals surface area contributed by atoms with Crippen molar-refractivity contribution in [3.05, 3.63) is 125 Å². The van der Waals surface area contributed by atoms with Crippen molar-refractivity contribution >= 4 is 0 Å². The third-order valence-electron chi connectivity index (χ3n) is 8.15. The number of hydrogen-bond acceptors (Lipinski definition) is 1. The van der Waals surface area contributed by atoms with Gasteiger partial charge in [0.1, 0.15) is 28.8 Å². The molecule has 9 heteroatoms. The molecule has 0 spiro atoms. The van der Waals surface area contributed by atoms with E-state index in [4.69, 9.17) is 0 Å². The van der Waals surface area contributed by atoms with Crippen molar-refractivity contribution in [1.82, 2.24) is 0 Å². The predicted molar refractivity (Wildman–Crippen MR) is 152 cm³/mol. The van der Waals surface area contributed by atoms with Gasteiger partial charge >= 0.3 is 6.11 Å². The lowest BCUT2D eigenvalue weighted by Gasteiger charge is -2.29. The van der Waals surface area contributed by atoms with E-state index in [1.807, 2.05) is 6.08 Å². The van der Waals surface area contributed by atoms with Crippen LogP contribution in [0, 0.1) is 40.8 Å². The fraction of sp³-hybridized carbons (Fsp3) is 0.257. The Morgan fingerprint density at radius 3 is 1.84 bits per heavy atom. The summed E-state index contributed by atoms with van der Waals surface area (Å²) in [5, 5.41) is 0. The van der Waals surface area contributed by atoms with E-state index in [-0.39, 0.29) is 22.6 Å². The van der Waals surface area contributed by atoms with Crippen LogP contribution in [-0.2, 0) is 6.11 Å². The van der Waals surface area contributed by atoms with Gasteiger partial charge in [0.05, 0.1) is 0 Å². The summed E-state index contributed by atoms with van der Waals surface area (Å²) in [6.45, 7) is 3.72. The second-order valence-corrected chi connectivity index (χ2v) is 11.0. The fourth-order valence-electron chi connectivity index (χ4n) is 5.80. The molecule has 0 bridgehead atoms. The van der Waals surface area contributed by atoms with Crippen molar-refractivity contribution in [2.45, 2.75) is 50.6 Å². The van der Waals surface area contributed by atoms with E-state index < -0.39 is 52.3 Å². The van der Waals surface area contributed by atoms with Crippen LogP contribution in [0.3, 0.4) is 0 Å². The molecule has 1 saturated carbocycles. The predicted octanol–water partition coefficient (Wildman–Crippen LogP) is 11.2. The molecular formula is C35H28F8O. The van der Waals surface area contributed by atoms with Crippen molar-refractivity contribution in [3.8, 4) is 28.0 Å². The van der Waals surface area contributed by atoms with Crippen LogP contribution < -0.4 is 4.74 Å². The quantitative estimate of drug-likeness (QED) is 0.103. The third-order valence-corrected chi connectivity index (χ3v) is 8.15. The molecule has 0 heterocycles. The lowest BCUT2D eigenvalue weighted by atomic mass is 9.77. The molecule has 1 aliphatic rings. The normalized spacial score (nSPS) is 17.0. The Morgan fingerprint density at radius 1 is 0.682 bits per heavy atom. The molecule has 0 saturated heterocycles. The van der Waals surface area contributed by atoms with Gasteiger partial charge in [-0.2, -0.15) is 8.78 Å². The molecule has 4 aromatic rings. The van der Waals surface area contributed by atoms with Crippen molar-refractivity contribution in [1.29, 1.82) is 0 Å². The Morgan fingerprint density at radius 2 is 1.27 bits per heavy atom. The largest absolute Gasteiger partial charge is 0.432 e. The van der Waals surface area contributed by atoms with Crippen LogP contribution >= 0.6 is 0 Å². The molecular weight excluding hydrogens is 588 g/mol. The first-order valence-corrected chi connectivity index (χ1v) is 14.2. The van der Waals surface area contributed by atoms with E-state index in [1.54, 1.807) is 0 Å². The van der Waals surface area contributed by atoms with E-state index in [2.05, 4.69) is 11.3 Å². The molecule has 0 unspecified atom stereocenters. The maximum absolute atomic E-state index is 15.0. The molecule has 0 radical (unpaired) electrons. The van der Waals surface area contributed by atoms with E-state index in [1.165, 1.54) is 24.3 Å². The summed E-state index contributed by atoms with van der Waals surface area (Å²) >= 11 is 0. The molecule has 0 atom stereocenters. The van der Waals surface area contributed by atoms with Gasteiger partial charge in [-0.1, -0.05) is 30.3 Å². The monoisotopic (exact) mass is 616 g/mol. The van der Waals surface area contributed by atoms with Crippen molar-refractivity contribution in [2.75, 3.05) is 0 Å². The summed E-state index contributed by atoms with van der Waals surface area (Å²) in [5.41, 5.74) is -0.608. The second kappa shape index (κ2) is 12.8. The van der Waals surface area contributed by atoms with Crippen molar-refractivity contribution < 1.29 is 39.9 Å². The number of benzene rings is 4. The zero-order chi connectivity index (χ0) is 31.6. The van der Waals surface area contributed by atoms with Crippen LogP contribution in [0.2, 0.25) is 0 Å². The van der Waals surface area contributed by atoms with Gasteiger partial charge in [-0.05, 0) is 109 Å². The first-order valence-electron chi connectivity index (χ1n) is 14.2. The molecule has 0 amide bonds. The number of rotatable bonds is 9.